The normalized spacial score (nSPS) is 18.7. The molecule has 2 unspecified atom stereocenters. The highest BCUT2D eigenvalue weighted by atomic mass is 16.5. The van der Waals surface area contributed by atoms with Gasteiger partial charge in [-0.3, -0.25) is 4.79 Å². The molecule has 3 nitrogen and oxygen atoms in total. The lowest BCUT2D eigenvalue weighted by molar-refractivity contribution is -0.117. The van der Waals surface area contributed by atoms with E-state index in [1.807, 2.05) is 58.0 Å². The fourth-order valence-electron chi connectivity index (χ4n) is 4.05. The summed E-state index contributed by atoms with van der Waals surface area (Å²) in [5, 5.41) is 10.7. The SMILES string of the molecule is Cc1cc(C)c(C2=C(O)CC(C(C)OCc3ccccc3)CC2=O)c(C)c1. The Labute approximate surface area is 161 Å². The number of aliphatic hydroxyl groups excluding tert-OH is 1. The number of Topliss-reactive ketones (excluding diaryl/α,β-unsaturated/α-hetero) is 1. The summed E-state index contributed by atoms with van der Waals surface area (Å²) in [4.78, 5) is 12.9. The van der Waals surface area contributed by atoms with Crippen LogP contribution in [0.2, 0.25) is 0 Å². The number of aliphatic hydroxyl groups is 1. The third-order valence-corrected chi connectivity index (χ3v) is 5.42. The predicted octanol–water partition coefficient (Wildman–Crippen LogP) is 5.47. The van der Waals surface area contributed by atoms with Gasteiger partial charge in [0.15, 0.2) is 5.78 Å². The van der Waals surface area contributed by atoms with Crippen LogP contribution in [0, 0.1) is 26.7 Å². The summed E-state index contributed by atoms with van der Waals surface area (Å²) in [6.45, 7) is 8.55. The van der Waals surface area contributed by atoms with Gasteiger partial charge in [0.25, 0.3) is 0 Å². The molecule has 0 amide bonds. The molecular formula is C24H28O3. The van der Waals surface area contributed by atoms with Gasteiger partial charge in [0.1, 0.15) is 5.76 Å². The van der Waals surface area contributed by atoms with Crippen molar-refractivity contribution in [1.82, 2.24) is 0 Å². The van der Waals surface area contributed by atoms with Crippen molar-refractivity contribution in [3.63, 3.8) is 0 Å². The standard InChI is InChI=1S/C24H28O3/c1-15-10-16(2)23(17(3)11-15)24-21(25)12-20(13-22(24)26)18(4)27-14-19-8-6-5-7-9-19/h5-11,18,20,25H,12-14H2,1-4H3. The number of benzene rings is 2. The molecule has 2 aromatic carbocycles. The number of aryl methyl sites for hydroxylation is 3. The second kappa shape index (κ2) is 8.10. The lowest BCUT2D eigenvalue weighted by Crippen LogP contribution is -2.29. The van der Waals surface area contributed by atoms with Crippen LogP contribution in [-0.4, -0.2) is 17.0 Å². The van der Waals surface area contributed by atoms with Crippen LogP contribution in [0.15, 0.2) is 48.2 Å². The Morgan fingerprint density at radius 2 is 1.70 bits per heavy atom. The molecule has 0 saturated carbocycles. The molecule has 27 heavy (non-hydrogen) atoms. The van der Waals surface area contributed by atoms with E-state index in [4.69, 9.17) is 4.74 Å². The summed E-state index contributed by atoms with van der Waals surface area (Å²) >= 11 is 0. The van der Waals surface area contributed by atoms with Gasteiger partial charge in [-0.2, -0.15) is 0 Å². The first-order valence-corrected chi connectivity index (χ1v) is 9.56. The number of carbonyl (C=O) groups excluding carboxylic acids is 1. The summed E-state index contributed by atoms with van der Waals surface area (Å²) in [6, 6.07) is 14.1. The number of carbonyl (C=O) groups is 1. The van der Waals surface area contributed by atoms with Crippen molar-refractivity contribution in [1.29, 1.82) is 0 Å². The molecule has 1 N–H and O–H groups in total. The molecule has 0 bridgehead atoms. The molecule has 1 aliphatic rings. The Bertz CT molecular complexity index is 841. The summed E-state index contributed by atoms with van der Waals surface area (Å²) in [7, 11) is 0. The van der Waals surface area contributed by atoms with Gasteiger partial charge in [-0.15, -0.1) is 0 Å². The van der Waals surface area contributed by atoms with Crippen molar-refractivity contribution >= 4 is 11.4 Å². The lowest BCUT2D eigenvalue weighted by Gasteiger charge is -2.29. The number of ether oxygens (including phenoxy) is 1. The van der Waals surface area contributed by atoms with E-state index in [0.29, 0.717) is 25.0 Å². The van der Waals surface area contributed by atoms with Gasteiger partial charge in [0.2, 0.25) is 0 Å². The number of hydrogen-bond donors (Lipinski definition) is 1. The minimum absolute atomic E-state index is 0.00368. The topological polar surface area (TPSA) is 46.5 Å². The van der Waals surface area contributed by atoms with Crippen molar-refractivity contribution in [2.75, 3.05) is 0 Å². The van der Waals surface area contributed by atoms with Crippen LogP contribution in [0.3, 0.4) is 0 Å². The maximum absolute atomic E-state index is 12.9. The Morgan fingerprint density at radius 3 is 2.30 bits per heavy atom. The molecule has 142 valence electrons. The molecule has 2 aromatic rings. The molecule has 3 rings (SSSR count). The monoisotopic (exact) mass is 364 g/mol. The van der Waals surface area contributed by atoms with E-state index >= 15 is 0 Å². The summed E-state index contributed by atoms with van der Waals surface area (Å²) < 4.78 is 5.98. The highest BCUT2D eigenvalue weighted by Crippen LogP contribution is 2.37. The van der Waals surface area contributed by atoms with Gasteiger partial charge in [-0.05, 0) is 55.9 Å². The van der Waals surface area contributed by atoms with Crippen LogP contribution < -0.4 is 0 Å². The van der Waals surface area contributed by atoms with Gasteiger partial charge in [0.05, 0.1) is 18.3 Å². The van der Waals surface area contributed by atoms with Crippen molar-refractivity contribution in [3.05, 3.63) is 76.0 Å². The first kappa shape index (κ1) is 19.4. The summed E-state index contributed by atoms with van der Waals surface area (Å²) in [6.07, 6.45) is 0.782. The van der Waals surface area contributed by atoms with E-state index < -0.39 is 0 Å². The number of hydrogen-bond acceptors (Lipinski definition) is 3. The fraction of sp³-hybridized carbons (Fsp3) is 0.375. The van der Waals surface area contributed by atoms with Crippen LogP contribution in [0.5, 0.6) is 0 Å². The van der Waals surface area contributed by atoms with Crippen LogP contribution >= 0.6 is 0 Å². The van der Waals surface area contributed by atoms with E-state index in [-0.39, 0.29) is 23.6 Å². The van der Waals surface area contributed by atoms with Crippen molar-refractivity contribution in [3.8, 4) is 0 Å². The smallest absolute Gasteiger partial charge is 0.167 e. The van der Waals surface area contributed by atoms with Gasteiger partial charge in [0, 0.05) is 12.8 Å². The van der Waals surface area contributed by atoms with Gasteiger partial charge < -0.3 is 9.84 Å². The van der Waals surface area contributed by atoms with E-state index in [1.54, 1.807) is 0 Å². The average molecular weight is 364 g/mol. The number of allylic oxidation sites excluding steroid dienone is 2. The maximum Gasteiger partial charge on any atom is 0.167 e. The molecule has 2 atom stereocenters. The molecule has 0 saturated heterocycles. The zero-order chi connectivity index (χ0) is 19.6. The third-order valence-electron chi connectivity index (χ3n) is 5.42. The minimum atomic E-state index is -0.0990. The van der Waals surface area contributed by atoms with Crippen molar-refractivity contribution in [2.24, 2.45) is 5.92 Å². The Kier molecular flexibility index (Phi) is 5.81. The Balaban J connectivity index is 1.77. The van der Waals surface area contributed by atoms with Gasteiger partial charge in [-0.25, -0.2) is 0 Å². The largest absolute Gasteiger partial charge is 0.512 e. The second-order valence-corrected chi connectivity index (χ2v) is 7.69. The molecule has 3 heteroatoms. The summed E-state index contributed by atoms with van der Waals surface area (Å²) in [5.41, 5.74) is 5.73. The highest BCUT2D eigenvalue weighted by Gasteiger charge is 2.33. The Morgan fingerprint density at radius 1 is 1.07 bits per heavy atom. The first-order valence-electron chi connectivity index (χ1n) is 9.56. The zero-order valence-corrected chi connectivity index (χ0v) is 16.6. The fourth-order valence-corrected chi connectivity index (χ4v) is 4.05. The number of ketones is 1. The molecule has 0 aliphatic heterocycles. The molecule has 0 spiro atoms. The van der Waals surface area contributed by atoms with E-state index in [9.17, 15) is 9.90 Å². The second-order valence-electron chi connectivity index (χ2n) is 7.69. The molecule has 1 aliphatic carbocycles. The quantitative estimate of drug-likeness (QED) is 0.766. The van der Waals surface area contributed by atoms with Crippen molar-refractivity contribution < 1.29 is 14.6 Å². The van der Waals surface area contributed by atoms with E-state index in [0.717, 1.165) is 27.8 Å². The van der Waals surface area contributed by atoms with Crippen LogP contribution in [0.1, 0.15) is 47.6 Å². The molecule has 0 fully saturated rings. The molecule has 0 heterocycles. The summed E-state index contributed by atoms with van der Waals surface area (Å²) in [5.74, 6) is 0.200. The van der Waals surface area contributed by atoms with Gasteiger partial charge >= 0.3 is 0 Å². The molecular weight excluding hydrogens is 336 g/mol. The minimum Gasteiger partial charge on any atom is -0.512 e. The van der Waals surface area contributed by atoms with E-state index in [2.05, 4.69) is 12.1 Å². The highest BCUT2D eigenvalue weighted by molar-refractivity contribution is 6.22. The predicted molar refractivity (Wildman–Crippen MR) is 109 cm³/mol. The van der Waals surface area contributed by atoms with Crippen molar-refractivity contribution in [2.45, 2.75) is 53.2 Å². The molecule has 0 radical (unpaired) electrons. The van der Waals surface area contributed by atoms with Crippen LogP contribution in [0.4, 0.5) is 0 Å². The zero-order valence-electron chi connectivity index (χ0n) is 16.6. The molecule has 0 aromatic heterocycles. The first-order chi connectivity index (χ1) is 12.9. The van der Waals surface area contributed by atoms with Crippen LogP contribution in [0.25, 0.3) is 5.57 Å². The third kappa shape index (κ3) is 4.30. The Hall–Kier alpha value is -2.39. The maximum atomic E-state index is 12.9. The van der Waals surface area contributed by atoms with Gasteiger partial charge in [-0.1, -0.05) is 48.0 Å². The van der Waals surface area contributed by atoms with Crippen LogP contribution in [-0.2, 0) is 16.1 Å². The van der Waals surface area contributed by atoms with E-state index in [1.165, 1.54) is 0 Å². The lowest BCUT2D eigenvalue weighted by atomic mass is 9.79. The number of rotatable bonds is 5. The average Bonchev–Trinajstić information content (AvgIpc) is 2.61.